The molecule has 0 aromatic carbocycles. The molecule has 0 spiro atoms. The SMILES string of the molecule is CCCC[C@@H](C)C(O)C(N)C(=O)O. The summed E-state index contributed by atoms with van der Waals surface area (Å²) >= 11 is 0. The molecule has 2 unspecified atom stereocenters. The van der Waals surface area contributed by atoms with Gasteiger partial charge in [-0.3, -0.25) is 4.79 Å². The van der Waals surface area contributed by atoms with Crippen molar-refractivity contribution in [3.05, 3.63) is 0 Å². The third-order valence-corrected chi connectivity index (χ3v) is 2.25. The van der Waals surface area contributed by atoms with Crippen LogP contribution in [0.25, 0.3) is 0 Å². The summed E-state index contributed by atoms with van der Waals surface area (Å²) in [5, 5.41) is 18.0. The van der Waals surface area contributed by atoms with E-state index in [1.807, 2.05) is 6.92 Å². The molecule has 13 heavy (non-hydrogen) atoms. The molecule has 0 aromatic heterocycles. The van der Waals surface area contributed by atoms with Crippen molar-refractivity contribution in [1.29, 1.82) is 0 Å². The highest BCUT2D eigenvalue weighted by molar-refractivity contribution is 5.73. The molecule has 0 aliphatic carbocycles. The smallest absolute Gasteiger partial charge is 0.323 e. The Morgan fingerprint density at radius 1 is 1.54 bits per heavy atom. The van der Waals surface area contributed by atoms with Gasteiger partial charge in [-0.05, 0) is 12.3 Å². The van der Waals surface area contributed by atoms with Gasteiger partial charge in [-0.25, -0.2) is 0 Å². The summed E-state index contributed by atoms with van der Waals surface area (Å²) in [5.74, 6) is -1.19. The zero-order chi connectivity index (χ0) is 10.4. The molecule has 0 amide bonds. The highest BCUT2D eigenvalue weighted by Gasteiger charge is 2.26. The van der Waals surface area contributed by atoms with E-state index in [9.17, 15) is 9.90 Å². The number of aliphatic hydroxyl groups is 1. The van der Waals surface area contributed by atoms with Crippen LogP contribution in [0, 0.1) is 5.92 Å². The van der Waals surface area contributed by atoms with Gasteiger partial charge in [0.15, 0.2) is 0 Å². The molecule has 0 heterocycles. The lowest BCUT2D eigenvalue weighted by molar-refractivity contribution is -0.142. The minimum Gasteiger partial charge on any atom is -0.480 e. The number of nitrogens with two attached hydrogens (primary N) is 1. The van der Waals surface area contributed by atoms with Crippen LogP contribution in [-0.2, 0) is 4.79 Å². The number of carboxylic acid groups (broad SMARTS) is 1. The third kappa shape index (κ3) is 4.24. The average molecular weight is 189 g/mol. The molecule has 78 valence electrons. The van der Waals surface area contributed by atoms with Crippen LogP contribution in [0.3, 0.4) is 0 Å². The van der Waals surface area contributed by atoms with Gasteiger partial charge in [0.25, 0.3) is 0 Å². The Labute approximate surface area is 78.7 Å². The van der Waals surface area contributed by atoms with E-state index in [1.165, 1.54) is 0 Å². The van der Waals surface area contributed by atoms with Crippen molar-refractivity contribution in [2.75, 3.05) is 0 Å². The van der Waals surface area contributed by atoms with E-state index in [0.29, 0.717) is 0 Å². The van der Waals surface area contributed by atoms with Gasteiger partial charge in [0.05, 0.1) is 6.10 Å². The first kappa shape index (κ1) is 12.4. The third-order valence-electron chi connectivity index (χ3n) is 2.25. The number of aliphatic hydroxyl groups excluding tert-OH is 1. The first-order valence-corrected chi connectivity index (χ1v) is 4.67. The molecule has 0 aliphatic heterocycles. The van der Waals surface area contributed by atoms with Crippen LogP contribution in [-0.4, -0.2) is 28.3 Å². The number of carbonyl (C=O) groups is 1. The molecule has 0 aromatic rings. The second-order valence-corrected chi connectivity index (χ2v) is 3.47. The van der Waals surface area contributed by atoms with E-state index < -0.39 is 18.1 Å². The van der Waals surface area contributed by atoms with Crippen molar-refractivity contribution in [3.8, 4) is 0 Å². The lowest BCUT2D eigenvalue weighted by Crippen LogP contribution is -2.45. The molecule has 0 radical (unpaired) electrons. The van der Waals surface area contributed by atoms with Gasteiger partial charge in [-0.2, -0.15) is 0 Å². The standard InChI is InChI=1S/C9H19NO3/c1-3-4-5-6(2)8(11)7(10)9(12)13/h6-8,11H,3-5,10H2,1-2H3,(H,12,13)/t6-,7?,8?/m1/s1. The van der Waals surface area contributed by atoms with Crippen molar-refractivity contribution in [1.82, 2.24) is 0 Å². The monoisotopic (exact) mass is 189 g/mol. The number of carboxylic acids is 1. The maximum Gasteiger partial charge on any atom is 0.323 e. The molecule has 0 rings (SSSR count). The second-order valence-electron chi connectivity index (χ2n) is 3.47. The van der Waals surface area contributed by atoms with E-state index in [1.54, 1.807) is 0 Å². The molecular weight excluding hydrogens is 170 g/mol. The van der Waals surface area contributed by atoms with Gasteiger partial charge in [0.2, 0.25) is 0 Å². The Hall–Kier alpha value is -0.610. The zero-order valence-corrected chi connectivity index (χ0v) is 8.23. The van der Waals surface area contributed by atoms with E-state index in [0.717, 1.165) is 19.3 Å². The second kappa shape index (κ2) is 5.94. The van der Waals surface area contributed by atoms with Crippen LogP contribution in [0.4, 0.5) is 0 Å². The fourth-order valence-corrected chi connectivity index (χ4v) is 1.20. The quantitative estimate of drug-likeness (QED) is 0.571. The summed E-state index contributed by atoms with van der Waals surface area (Å²) in [5.41, 5.74) is 5.28. The fourth-order valence-electron chi connectivity index (χ4n) is 1.20. The highest BCUT2D eigenvalue weighted by Crippen LogP contribution is 2.14. The summed E-state index contributed by atoms with van der Waals surface area (Å²) in [6.45, 7) is 3.87. The van der Waals surface area contributed by atoms with Crippen molar-refractivity contribution in [3.63, 3.8) is 0 Å². The van der Waals surface area contributed by atoms with Crippen LogP contribution in [0.1, 0.15) is 33.1 Å². The Balaban J connectivity index is 3.93. The van der Waals surface area contributed by atoms with Crippen LogP contribution in [0.2, 0.25) is 0 Å². The van der Waals surface area contributed by atoms with E-state index in [2.05, 4.69) is 6.92 Å². The molecule has 3 atom stereocenters. The van der Waals surface area contributed by atoms with Crippen LogP contribution in [0.15, 0.2) is 0 Å². The fraction of sp³-hybridized carbons (Fsp3) is 0.889. The van der Waals surface area contributed by atoms with Gasteiger partial charge in [0.1, 0.15) is 6.04 Å². The number of hydrogen-bond acceptors (Lipinski definition) is 3. The van der Waals surface area contributed by atoms with Gasteiger partial charge in [0, 0.05) is 0 Å². The zero-order valence-electron chi connectivity index (χ0n) is 8.23. The molecule has 4 N–H and O–H groups in total. The Kier molecular flexibility index (Phi) is 5.66. The van der Waals surface area contributed by atoms with E-state index in [4.69, 9.17) is 10.8 Å². The Bertz CT molecular complexity index is 161. The number of rotatable bonds is 6. The topological polar surface area (TPSA) is 83.5 Å². The Morgan fingerprint density at radius 3 is 2.46 bits per heavy atom. The minimum absolute atomic E-state index is 0.0500. The van der Waals surface area contributed by atoms with Gasteiger partial charge in [-0.15, -0.1) is 0 Å². The molecule has 0 saturated heterocycles. The summed E-state index contributed by atoms with van der Waals surface area (Å²) in [6, 6.07) is -1.16. The summed E-state index contributed by atoms with van der Waals surface area (Å²) in [7, 11) is 0. The van der Waals surface area contributed by atoms with Gasteiger partial charge >= 0.3 is 5.97 Å². The molecule has 4 heteroatoms. The summed E-state index contributed by atoms with van der Waals surface area (Å²) in [6.07, 6.45) is 1.91. The summed E-state index contributed by atoms with van der Waals surface area (Å²) in [4.78, 5) is 10.4. The van der Waals surface area contributed by atoms with Gasteiger partial charge in [-0.1, -0.05) is 26.7 Å². The maximum absolute atomic E-state index is 10.4. The van der Waals surface area contributed by atoms with Crippen LogP contribution >= 0.6 is 0 Å². The summed E-state index contributed by atoms with van der Waals surface area (Å²) < 4.78 is 0. The van der Waals surface area contributed by atoms with E-state index in [-0.39, 0.29) is 5.92 Å². The molecule has 4 nitrogen and oxygen atoms in total. The maximum atomic E-state index is 10.4. The lowest BCUT2D eigenvalue weighted by Gasteiger charge is -2.21. The van der Waals surface area contributed by atoms with Crippen LogP contribution in [0.5, 0.6) is 0 Å². The minimum atomic E-state index is -1.16. The van der Waals surface area contributed by atoms with Crippen molar-refractivity contribution in [2.24, 2.45) is 11.7 Å². The number of hydrogen-bond donors (Lipinski definition) is 3. The van der Waals surface area contributed by atoms with Crippen molar-refractivity contribution in [2.45, 2.75) is 45.3 Å². The molecular formula is C9H19NO3. The molecule has 0 aliphatic rings. The van der Waals surface area contributed by atoms with E-state index >= 15 is 0 Å². The number of aliphatic carboxylic acids is 1. The van der Waals surface area contributed by atoms with Crippen LogP contribution < -0.4 is 5.73 Å². The number of unbranched alkanes of at least 4 members (excludes halogenated alkanes) is 1. The molecule has 0 fully saturated rings. The first-order chi connectivity index (χ1) is 6.00. The predicted molar refractivity (Wildman–Crippen MR) is 50.3 cm³/mol. The molecule has 0 saturated carbocycles. The first-order valence-electron chi connectivity index (χ1n) is 4.67. The normalized spacial score (nSPS) is 17.8. The predicted octanol–water partition coefficient (Wildman–Crippen LogP) is 0.586. The molecule has 0 bridgehead atoms. The lowest BCUT2D eigenvalue weighted by atomic mass is 9.93. The largest absolute Gasteiger partial charge is 0.480 e. The van der Waals surface area contributed by atoms with Gasteiger partial charge < -0.3 is 15.9 Å². The van der Waals surface area contributed by atoms with Crippen molar-refractivity contribution < 1.29 is 15.0 Å². The highest BCUT2D eigenvalue weighted by atomic mass is 16.4. The average Bonchev–Trinajstić information content (AvgIpc) is 2.11. The van der Waals surface area contributed by atoms with Crippen molar-refractivity contribution >= 4 is 5.97 Å². The Morgan fingerprint density at radius 2 is 2.08 bits per heavy atom.